The first-order chi connectivity index (χ1) is 9.50. The molecular formula is C14H9NO5. The molecule has 1 N–H and O–H groups in total. The Balaban J connectivity index is 2.54. The van der Waals surface area contributed by atoms with Crippen molar-refractivity contribution in [3.8, 4) is 0 Å². The highest BCUT2D eigenvalue weighted by atomic mass is 16.6. The third-order valence-corrected chi connectivity index (χ3v) is 2.72. The Hall–Kier alpha value is -3.02. The van der Waals surface area contributed by atoms with Gasteiger partial charge in [-0.3, -0.25) is 14.9 Å². The summed E-state index contributed by atoms with van der Waals surface area (Å²) in [5, 5.41) is 19.7. The zero-order valence-electron chi connectivity index (χ0n) is 10.1. The van der Waals surface area contributed by atoms with Crippen LogP contribution in [0.1, 0.15) is 26.3 Å². The number of hydrogen-bond donors (Lipinski definition) is 1. The number of nitro groups is 1. The van der Waals surface area contributed by atoms with Gasteiger partial charge >= 0.3 is 5.97 Å². The van der Waals surface area contributed by atoms with Crippen molar-refractivity contribution in [2.45, 2.75) is 0 Å². The van der Waals surface area contributed by atoms with Gasteiger partial charge in [-0.15, -0.1) is 0 Å². The molecular weight excluding hydrogens is 262 g/mol. The minimum absolute atomic E-state index is 0.0747. The molecule has 0 aliphatic heterocycles. The standard InChI is InChI=1S/C14H9NO5/c16-13(9-4-2-1-3-5-9)11-7-6-10(15(19)20)8-12(11)14(17)18/h1-8H,(H,17,18). The molecule has 0 aliphatic rings. The Bertz CT molecular complexity index is 694. The fourth-order valence-electron chi connectivity index (χ4n) is 1.77. The number of aromatic carboxylic acids is 1. The molecule has 0 aromatic heterocycles. The van der Waals surface area contributed by atoms with E-state index < -0.39 is 16.7 Å². The highest BCUT2D eigenvalue weighted by Gasteiger charge is 2.21. The van der Waals surface area contributed by atoms with Gasteiger partial charge in [0.05, 0.1) is 10.5 Å². The van der Waals surface area contributed by atoms with Gasteiger partial charge < -0.3 is 5.11 Å². The minimum atomic E-state index is -1.38. The van der Waals surface area contributed by atoms with Gasteiger partial charge in [0.2, 0.25) is 0 Å². The molecule has 0 spiro atoms. The maximum Gasteiger partial charge on any atom is 0.336 e. The SMILES string of the molecule is O=C(O)c1cc([N+](=O)[O-])ccc1C(=O)c1ccccc1. The first-order valence-electron chi connectivity index (χ1n) is 5.62. The van der Waals surface area contributed by atoms with E-state index >= 15 is 0 Å². The first-order valence-corrected chi connectivity index (χ1v) is 5.62. The van der Waals surface area contributed by atoms with E-state index in [2.05, 4.69) is 0 Å². The van der Waals surface area contributed by atoms with Gasteiger partial charge in [0.25, 0.3) is 5.69 Å². The molecule has 0 heterocycles. The van der Waals surface area contributed by atoms with Crippen molar-refractivity contribution in [3.05, 3.63) is 75.3 Å². The summed E-state index contributed by atoms with van der Waals surface area (Å²) in [5.74, 6) is -1.87. The smallest absolute Gasteiger partial charge is 0.336 e. The average Bonchev–Trinajstić information content (AvgIpc) is 2.46. The highest BCUT2D eigenvalue weighted by molar-refractivity contribution is 6.14. The van der Waals surface area contributed by atoms with Crippen LogP contribution in [0.25, 0.3) is 0 Å². The summed E-state index contributed by atoms with van der Waals surface area (Å²) in [4.78, 5) is 33.3. The van der Waals surface area contributed by atoms with Crippen LogP contribution in [0.3, 0.4) is 0 Å². The topological polar surface area (TPSA) is 97.5 Å². The number of hydrogen-bond acceptors (Lipinski definition) is 4. The average molecular weight is 271 g/mol. The van der Waals surface area contributed by atoms with Gasteiger partial charge in [-0.1, -0.05) is 30.3 Å². The van der Waals surface area contributed by atoms with E-state index in [0.717, 1.165) is 18.2 Å². The fourth-order valence-corrected chi connectivity index (χ4v) is 1.77. The molecule has 0 saturated carbocycles. The lowest BCUT2D eigenvalue weighted by atomic mass is 9.98. The number of nitro benzene ring substituents is 1. The molecule has 0 fully saturated rings. The van der Waals surface area contributed by atoms with Crippen LogP contribution in [0.2, 0.25) is 0 Å². The van der Waals surface area contributed by atoms with Crippen molar-refractivity contribution >= 4 is 17.4 Å². The van der Waals surface area contributed by atoms with Gasteiger partial charge in [-0.25, -0.2) is 4.79 Å². The second kappa shape index (κ2) is 5.31. The van der Waals surface area contributed by atoms with Crippen LogP contribution in [0.4, 0.5) is 5.69 Å². The third-order valence-electron chi connectivity index (χ3n) is 2.72. The van der Waals surface area contributed by atoms with Crippen molar-refractivity contribution in [1.29, 1.82) is 0 Å². The first kappa shape index (κ1) is 13.4. The fraction of sp³-hybridized carbons (Fsp3) is 0. The second-order valence-electron chi connectivity index (χ2n) is 3.99. The van der Waals surface area contributed by atoms with E-state index in [9.17, 15) is 19.7 Å². The number of carboxylic acids is 1. The van der Waals surface area contributed by atoms with Gasteiger partial charge in [0.1, 0.15) is 0 Å². The van der Waals surface area contributed by atoms with Crippen molar-refractivity contribution < 1.29 is 19.6 Å². The van der Waals surface area contributed by atoms with E-state index in [1.165, 1.54) is 0 Å². The van der Waals surface area contributed by atoms with Crippen molar-refractivity contribution in [1.82, 2.24) is 0 Å². The monoisotopic (exact) mass is 271 g/mol. The maximum atomic E-state index is 12.2. The molecule has 2 rings (SSSR count). The highest BCUT2D eigenvalue weighted by Crippen LogP contribution is 2.20. The third kappa shape index (κ3) is 2.54. The Labute approximate surface area is 113 Å². The summed E-state index contributed by atoms with van der Waals surface area (Å²) < 4.78 is 0. The van der Waals surface area contributed by atoms with Crippen LogP contribution >= 0.6 is 0 Å². The van der Waals surface area contributed by atoms with Gasteiger partial charge in [-0.2, -0.15) is 0 Å². The Morgan fingerprint density at radius 2 is 1.65 bits per heavy atom. The largest absolute Gasteiger partial charge is 0.478 e. The molecule has 0 atom stereocenters. The Morgan fingerprint density at radius 1 is 1.00 bits per heavy atom. The van der Waals surface area contributed by atoms with Gasteiger partial charge in [0.15, 0.2) is 5.78 Å². The number of carbonyl (C=O) groups excluding carboxylic acids is 1. The van der Waals surface area contributed by atoms with Crippen molar-refractivity contribution in [2.24, 2.45) is 0 Å². The van der Waals surface area contributed by atoms with Gasteiger partial charge in [0, 0.05) is 23.3 Å². The van der Waals surface area contributed by atoms with Crippen LogP contribution in [-0.4, -0.2) is 21.8 Å². The van der Waals surface area contributed by atoms with Crippen LogP contribution in [0, 0.1) is 10.1 Å². The zero-order chi connectivity index (χ0) is 14.7. The summed E-state index contributed by atoms with van der Waals surface area (Å²) >= 11 is 0. The molecule has 2 aromatic carbocycles. The van der Waals surface area contributed by atoms with Crippen molar-refractivity contribution in [2.75, 3.05) is 0 Å². The normalized spacial score (nSPS) is 10.0. The lowest BCUT2D eigenvalue weighted by Crippen LogP contribution is -2.10. The van der Waals surface area contributed by atoms with E-state index in [1.807, 2.05) is 0 Å². The second-order valence-corrected chi connectivity index (χ2v) is 3.99. The molecule has 2 aromatic rings. The summed E-state index contributed by atoms with van der Waals surface area (Å²) in [6, 6.07) is 11.3. The van der Waals surface area contributed by atoms with Crippen LogP contribution in [0.5, 0.6) is 0 Å². The Morgan fingerprint density at radius 3 is 2.20 bits per heavy atom. The summed E-state index contributed by atoms with van der Waals surface area (Å²) in [7, 11) is 0. The molecule has 100 valence electrons. The molecule has 20 heavy (non-hydrogen) atoms. The van der Waals surface area contributed by atoms with Crippen LogP contribution in [-0.2, 0) is 0 Å². The molecule has 0 unspecified atom stereocenters. The number of carbonyl (C=O) groups is 2. The lowest BCUT2D eigenvalue weighted by molar-refractivity contribution is -0.384. The molecule has 6 nitrogen and oxygen atoms in total. The minimum Gasteiger partial charge on any atom is -0.478 e. The van der Waals surface area contributed by atoms with E-state index in [-0.39, 0.29) is 16.8 Å². The van der Waals surface area contributed by atoms with E-state index in [1.54, 1.807) is 30.3 Å². The number of rotatable bonds is 4. The summed E-state index contributed by atoms with van der Waals surface area (Å²) in [6.07, 6.45) is 0. The van der Waals surface area contributed by atoms with Crippen molar-refractivity contribution in [3.63, 3.8) is 0 Å². The molecule has 0 aliphatic carbocycles. The van der Waals surface area contributed by atoms with Crippen LogP contribution in [0.15, 0.2) is 48.5 Å². The van der Waals surface area contributed by atoms with Gasteiger partial charge in [-0.05, 0) is 6.07 Å². The molecule has 6 heteroatoms. The van der Waals surface area contributed by atoms with E-state index in [0.29, 0.717) is 5.56 Å². The quantitative estimate of drug-likeness (QED) is 0.523. The molecule has 0 saturated heterocycles. The Kier molecular flexibility index (Phi) is 3.56. The molecule has 0 bridgehead atoms. The van der Waals surface area contributed by atoms with E-state index in [4.69, 9.17) is 5.11 Å². The zero-order valence-corrected chi connectivity index (χ0v) is 10.1. The maximum absolute atomic E-state index is 12.2. The predicted octanol–water partition coefficient (Wildman–Crippen LogP) is 2.52. The summed E-state index contributed by atoms with van der Waals surface area (Å²) in [5.41, 5.74) is -0.502. The lowest BCUT2D eigenvalue weighted by Gasteiger charge is -2.05. The molecule has 0 amide bonds. The van der Waals surface area contributed by atoms with Crippen LogP contribution < -0.4 is 0 Å². The number of ketones is 1. The number of carboxylic acid groups (broad SMARTS) is 1. The summed E-state index contributed by atoms with van der Waals surface area (Å²) in [6.45, 7) is 0. The predicted molar refractivity (Wildman–Crippen MR) is 69.9 cm³/mol. The number of non-ortho nitro benzene ring substituents is 1. The number of nitrogens with zero attached hydrogens (tertiary/aromatic N) is 1. The molecule has 0 radical (unpaired) electrons. The number of benzene rings is 2.